The van der Waals surface area contributed by atoms with Crippen molar-refractivity contribution in [3.8, 4) is 17.2 Å². The van der Waals surface area contributed by atoms with Gasteiger partial charge in [-0.05, 0) is 59.7 Å². The number of halogens is 1. The first-order valence-electron chi connectivity index (χ1n) is 11.1. The molecule has 10 heteroatoms. The number of rotatable bonds is 6. The summed E-state index contributed by atoms with van der Waals surface area (Å²) in [5.41, 5.74) is 7.89. The Labute approximate surface area is 203 Å². The van der Waals surface area contributed by atoms with Crippen LogP contribution in [0.3, 0.4) is 0 Å². The minimum Gasteiger partial charge on any atom is -0.403 e. The van der Waals surface area contributed by atoms with Gasteiger partial charge in [0, 0.05) is 62.1 Å². The second-order valence-corrected chi connectivity index (χ2v) is 10.1. The molecule has 0 bridgehead atoms. The Morgan fingerprint density at radius 1 is 1.26 bits per heavy atom. The van der Waals surface area contributed by atoms with E-state index in [1.807, 2.05) is 24.3 Å². The molecule has 180 valence electrons. The number of nitrogens with two attached hydrogens (primary N) is 1. The number of sulfonamides is 1. The van der Waals surface area contributed by atoms with Crippen LogP contribution in [0.4, 0.5) is 10.1 Å². The summed E-state index contributed by atoms with van der Waals surface area (Å²) >= 11 is 0. The van der Waals surface area contributed by atoms with Gasteiger partial charge in [-0.1, -0.05) is 6.07 Å². The van der Waals surface area contributed by atoms with Gasteiger partial charge in [-0.2, -0.15) is 9.57 Å². The van der Waals surface area contributed by atoms with Crippen LogP contribution in [0, 0.1) is 17.1 Å². The molecular formula is C25H25FN6O2S. The Bertz CT molecular complexity index is 1450. The van der Waals surface area contributed by atoms with Crippen molar-refractivity contribution in [1.82, 2.24) is 9.29 Å². The van der Waals surface area contributed by atoms with E-state index in [9.17, 15) is 18.1 Å². The lowest BCUT2D eigenvalue weighted by molar-refractivity contribution is 0.333. The van der Waals surface area contributed by atoms with E-state index < -0.39 is 15.8 Å². The number of piperidine rings is 1. The maximum Gasteiger partial charge on any atom is 0.246 e. The number of hydrogen-bond acceptors (Lipinski definition) is 7. The lowest BCUT2D eigenvalue weighted by atomic mass is 9.98. The predicted octanol–water partition coefficient (Wildman–Crippen LogP) is 3.62. The van der Waals surface area contributed by atoms with Gasteiger partial charge in [-0.15, -0.1) is 0 Å². The van der Waals surface area contributed by atoms with E-state index in [-0.39, 0.29) is 16.5 Å². The Hall–Kier alpha value is -3.81. The fourth-order valence-electron chi connectivity index (χ4n) is 4.21. The fraction of sp³-hybridized carbons (Fsp3) is 0.240. The van der Waals surface area contributed by atoms with Crippen molar-refractivity contribution in [1.29, 1.82) is 5.26 Å². The Kier molecular flexibility index (Phi) is 7.10. The number of benzene rings is 2. The number of hydrogen-bond donors (Lipinski definition) is 2. The third kappa shape index (κ3) is 5.01. The van der Waals surface area contributed by atoms with Crippen LogP contribution in [-0.4, -0.2) is 50.1 Å². The van der Waals surface area contributed by atoms with Crippen molar-refractivity contribution in [2.24, 2.45) is 10.7 Å². The molecule has 1 saturated heterocycles. The maximum atomic E-state index is 13.9. The molecule has 1 aromatic heterocycles. The number of aliphatic imine (C=N–C) groups is 1. The molecule has 1 fully saturated rings. The number of nitriles is 1. The largest absolute Gasteiger partial charge is 0.403 e. The van der Waals surface area contributed by atoms with Gasteiger partial charge < -0.3 is 11.1 Å². The van der Waals surface area contributed by atoms with E-state index >= 15 is 0 Å². The molecule has 0 amide bonds. The van der Waals surface area contributed by atoms with Gasteiger partial charge in [0.15, 0.2) is 0 Å². The van der Waals surface area contributed by atoms with Crippen molar-refractivity contribution in [2.45, 2.75) is 18.9 Å². The Morgan fingerprint density at radius 2 is 2.03 bits per heavy atom. The molecule has 3 N–H and O–H groups in total. The van der Waals surface area contributed by atoms with Gasteiger partial charge in [-0.3, -0.25) is 9.98 Å². The normalized spacial score (nSPS) is 16.0. The highest BCUT2D eigenvalue weighted by Crippen LogP contribution is 2.33. The van der Waals surface area contributed by atoms with Crippen molar-refractivity contribution in [3.05, 3.63) is 71.3 Å². The molecule has 2 aromatic carbocycles. The van der Waals surface area contributed by atoms with Gasteiger partial charge in [0.2, 0.25) is 10.0 Å². The number of nitrogens with one attached hydrogen (secondary N) is 1. The number of pyridine rings is 1. The number of fused-ring (bicyclic) bond motifs is 1. The first-order valence-corrected chi connectivity index (χ1v) is 12.5. The minimum atomic E-state index is -3.69. The highest BCUT2D eigenvalue weighted by atomic mass is 32.2. The molecule has 3 aromatic rings. The van der Waals surface area contributed by atoms with Crippen LogP contribution >= 0.6 is 0 Å². The van der Waals surface area contributed by atoms with Crippen LogP contribution < -0.4 is 11.1 Å². The van der Waals surface area contributed by atoms with Gasteiger partial charge in [-0.25, -0.2) is 12.8 Å². The average molecular weight is 493 g/mol. The van der Waals surface area contributed by atoms with E-state index in [2.05, 4.69) is 15.3 Å². The Morgan fingerprint density at radius 3 is 2.71 bits per heavy atom. The highest BCUT2D eigenvalue weighted by molar-refractivity contribution is 7.93. The summed E-state index contributed by atoms with van der Waals surface area (Å²) in [6.45, 7) is 0.683. The third-order valence-corrected chi connectivity index (χ3v) is 7.93. The SMILES string of the molecule is CN=CC(=CN)S(=O)(=O)N1CCC(Nc2cc(-c3ccc(F)c(C#N)c3)cc3ccncc23)CC1. The summed E-state index contributed by atoms with van der Waals surface area (Å²) < 4.78 is 40.9. The van der Waals surface area contributed by atoms with E-state index in [0.717, 1.165) is 33.8 Å². The average Bonchev–Trinajstić information content (AvgIpc) is 2.87. The summed E-state index contributed by atoms with van der Waals surface area (Å²) in [4.78, 5) is 8.01. The predicted molar refractivity (Wildman–Crippen MR) is 136 cm³/mol. The van der Waals surface area contributed by atoms with Crippen LogP contribution in [0.2, 0.25) is 0 Å². The third-order valence-electron chi connectivity index (χ3n) is 6.05. The first-order chi connectivity index (χ1) is 16.9. The molecule has 0 spiro atoms. The molecule has 0 atom stereocenters. The topological polar surface area (TPSA) is 124 Å². The minimum absolute atomic E-state index is 0.0144. The molecule has 0 saturated carbocycles. The smallest absolute Gasteiger partial charge is 0.246 e. The number of nitrogens with zero attached hydrogens (tertiary/aromatic N) is 4. The summed E-state index contributed by atoms with van der Waals surface area (Å²) in [5.74, 6) is -0.556. The molecule has 8 nitrogen and oxygen atoms in total. The van der Waals surface area contributed by atoms with Crippen LogP contribution in [0.5, 0.6) is 0 Å². The monoisotopic (exact) mass is 492 g/mol. The molecule has 4 rings (SSSR count). The zero-order valence-corrected chi connectivity index (χ0v) is 20.0. The molecule has 0 aliphatic carbocycles. The van der Waals surface area contributed by atoms with Crippen molar-refractivity contribution in [2.75, 3.05) is 25.5 Å². The zero-order chi connectivity index (χ0) is 25.0. The summed E-state index contributed by atoms with van der Waals surface area (Å²) in [6.07, 6.45) is 6.98. The highest BCUT2D eigenvalue weighted by Gasteiger charge is 2.30. The molecule has 1 aliphatic heterocycles. The zero-order valence-electron chi connectivity index (χ0n) is 19.1. The molecule has 2 heterocycles. The lowest BCUT2D eigenvalue weighted by Gasteiger charge is -2.32. The Balaban J connectivity index is 1.59. The van der Waals surface area contributed by atoms with E-state index in [4.69, 9.17) is 5.73 Å². The maximum absolute atomic E-state index is 13.9. The fourth-order valence-corrected chi connectivity index (χ4v) is 5.61. The van der Waals surface area contributed by atoms with Crippen molar-refractivity contribution >= 4 is 32.7 Å². The van der Waals surface area contributed by atoms with E-state index in [1.165, 1.54) is 29.7 Å². The van der Waals surface area contributed by atoms with Crippen LogP contribution in [0.25, 0.3) is 21.9 Å². The number of anilines is 1. The number of aromatic nitrogens is 1. The van der Waals surface area contributed by atoms with Crippen LogP contribution in [0.15, 0.2) is 64.9 Å². The van der Waals surface area contributed by atoms with E-state index in [0.29, 0.717) is 25.9 Å². The second kappa shape index (κ2) is 10.2. The summed E-state index contributed by atoms with van der Waals surface area (Å²) in [5, 5.41) is 14.6. The van der Waals surface area contributed by atoms with Gasteiger partial charge >= 0.3 is 0 Å². The van der Waals surface area contributed by atoms with Crippen LogP contribution in [-0.2, 0) is 10.0 Å². The van der Waals surface area contributed by atoms with Crippen molar-refractivity contribution < 1.29 is 12.8 Å². The molecular weight excluding hydrogens is 467 g/mol. The molecule has 0 radical (unpaired) electrons. The molecule has 1 aliphatic rings. The van der Waals surface area contributed by atoms with Gasteiger partial charge in [0.1, 0.15) is 16.8 Å². The molecule has 0 unspecified atom stereocenters. The summed E-state index contributed by atoms with van der Waals surface area (Å²) in [6, 6.07) is 12.2. The molecule has 35 heavy (non-hydrogen) atoms. The lowest BCUT2D eigenvalue weighted by Crippen LogP contribution is -2.43. The van der Waals surface area contributed by atoms with E-state index in [1.54, 1.807) is 18.5 Å². The van der Waals surface area contributed by atoms with Gasteiger partial charge in [0.05, 0.1) is 5.56 Å². The van der Waals surface area contributed by atoms with Crippen LogP contribution in [0.1, 0.15) is 18.4 Å². The second-order valence-electron chi connectivity index (χ2n) is 8.21. The first kappa shape index (κ1) is 24.3. The van der Waals surface area contributed by atoms with Gasteiger partial charge in [0.25, 0.3) is 0 Å². The van der Waals surface area contributed by atoms with Crippen molar-refractivity contribution in [3.63, 3.8) is 0 Å². The summed E-state index contributed by atoms with van der Waals surface area (Å²) in [7, 11) is -2.20. The number of allylic oxidation sites excluding steroid dienone is 1. The standard InChI is InChI=1S/C25H25FN6O2S/c1-29-15-22(14-28)35(33,34)32-8-5-21(6-9-32)31-25-12-19(11-18-4-7-30-16-23(18)25)17-2-3-24(26)20(10-17)13-27/h2-4,7,10-12,14-16,21,31H,5-6,8-9,28H2,1H3. The quantitative estimate of drug-likeness (QED) is 0.507.